The molecule has 4 nitrogen and oxygen atoms in total. The topological polar surface area (TPSA) is 72.5 Å². The number of hydrogen-bond acceptors (Lipinski definition) is 4. The number of benzene rings is 1. The number of phenols is 1. The molecule has 6 heteroatoms. The van der Waals surface area contributed by atoms with E-state index in [4.69, 9.17) is 5.73 Å². The number of phenolic OH excluding ortho intramolecular Hbond substituents is 1. The Hall–Kier alpha value is -1.69. The van der Waals surface area contributed by atoms with Crippen molar-refractivity contribution >= 4 is 5.97 Å². The molecule has 3 N–H and O–H groups in total. The van der Waals surface area contributed by atoms with E-state index in [0.717, 1.165) is 7.11 Å². The zero-order chi connectivity index (χ0) is 11.6. The van der Waals surface area contributed by atoms with Crippen LogP contribution in [0.15, 0.2) is 12.1 Å². The second-order valence-electron chi connectivity index (χ2n) is 2.82. The predicted molar refractivity (Wildman–Crippen MR) is 47.0 cm³/mol. The van der Waals surface area contributed by atoms with Crippen LogP contribution in [-0.2, 0) is 9.53 Å². The van der Waals surface area contributed by atoms with Crippen LogP contribution in [0.1, 0.15) is 11.6 Å². The first kappa shape index (κ1) is 11.4. The normalized spacial score (nSPS) is 12.3. The smallest absolute Gasteiger partial charge is 0.327 e. The minimum atomic E-state index is -1.48. The van der Waals surface area contributed by atoms with Gasteiger partial charge in [-0.15, -0.1) is 0 Å². The quantitative estimate of drug-likeness (QED) is 0.720. The number of esters is 1. The minimum absolute atomic E-state index is 0.483. The van der Waals surface area contributed by atoms with Crippen molar-refractivity contribution in [3.8, 4) is 5.75 Å². The highest BCUT2D eigenvalue weighted by molar-refractivity contribution is 5.78. The molecular weight excluding hydrogens is 208 g/mol. The third-order valence-electron chi connectivity index (χ3n) is 1.84. The van der Waals surface area contributed by atoms with Crippen LogP contribution >= 0.6 is 0 Å². The predicted octanol–water partition coefficient (Wildman–Crippen LogP) is 0.843. The van der Waals surface area contributed by atoms with Crippen molar-refractivity contribution in [3.63, 3.8) is 0 Å². The van der Waals surface area contributed by atoms with Gasteiger partial charge in [-0.3, -0.25) is 4.79 Å². The van der Waals surface area contributed by atoms with Crippen LogP contribution in [0.5, 0.6) is 5.75 Å². The fourth-order valence-corrected chi connectivity index (χ4v) is 1.12. The number of hydrogen-bond donors (Lipinski definition) is 2. The number of ether oxygens (including phenoxy) is 1. The summed E-state index contributed by atoms with van der Waals surface area (Å²) in [6.07, 6.45) is 0. The summed E-state index contributed by atoms with van der Waals surface area (Å²) in [6.45, 7) is 0. The maximum absolute atomic E-state index is 13.2. The van der Waals surface area contributed by atoms with E-state index < -0.39 is 35.0 Å². The van der Waals surface area contributed by atoms with Crippen molar-refractivity contribution in [1.82, 2.24) is 0 Å². The van der Waals surface area contributed by atoms with E-state index in [9.17, 15) is 18.7 Å². The van der Waals surface area contributed by atoms with Gasteiger partial charge >= 0.3 is 5.97 Å². The van der Waals surface area contributed by atoms with Crippen molar-refractivity contribution in [2.45, 2.75) is 6.04 Å². The van der Waals surface area contributed by atoms with Gasteiger partial charge in [-0.1, -0.05) is 0 Å². The number of nitrogens with two attached hydrogens (primary N) is 1. The molecule has 0 fully saturated rings. The number of halogens is 2. The Balaban J connectivity index is 3.19. The van der Waals surface area contributed by atoms with Gasteiger partial charge in [-0.25, -0.2) is 8.78 Å². The van der Waals surface area contributed by atoms with Gasteiger partial charge in [0.05, 0.1) is 12.7 Å². The summed E-state index contributed by atoms with van der Waals surface area (Å²) in [6, 6.07) is -0.283. The molecular formula is C9H9F2NO3. The summed E-state index contributed by atoms with van der Waals surface area (Å²) in [5.74, 6) is -3.68. The van der Waals surface area contributed by atoms with E-state index in [-0.39, 0.29) is 0 Å². The molecule has 1 aromatic carbocycles. The fourth-order valence-electron chi connectivity index (χ4n) is 1.12. The molecule has 0 saturated carbocycles. The van der Waals surface area contributed by atoms with Crippen LogP contribution < -0.4 is 5.73 Å². The second-order valence-corrected chi connectivity index (χ2v) is 2.82. The van der Waals surface area contributed by atoms with Gasteiger partial charge in [0.25, 0.3) is 0 Å². The first-order valence-corrected chi connectivity index (χ1v) is 3.98. The zero-order valence-electron chi connectivity index (χ0n) is 7.83. The molecule has 0 aliphatic carbocycles. The lowest BCUT2D eigenvalue weighted by Gasteiger charge is -2.12. The maximum Gasteiger partial charge on any atom is 0.327 e. The van der Waals surface area contributed by atoms with E-state index >= 15 is 0 Å². The van der Waals surface area contributed by atoms with Crippen molar-refractivity contribution < 1.29 is 23.4 Å². The van der Waals surface area contributed by atoms with Crippen molar-refractivity contribution in [3.05, 3.63) is 29.3 Å². The SMILES string of the molecule is COC(=O)[C@@H](N)c1c(O)cc(F)cc1F. The summed E-state index contributed by atoms with van der Waals surface area (Å²) in [5.41, 5.74) is 4.82. The van der Waals surface area contributed by atoms with Crippen molar-refractivity contribution in [1.29, 1.82) is 0 Å². The largest absolute Gasteiger partial charge is 0.507 e. The van der Waals surface area contributed by atoms with Crippen LogP contribution in [0.3, 0.4) is 0 Å². The maximum atomic E-state index is 13.2. The summed E-state index contributed by atoms with van der Waals surface area (Å²) >= 11 is 0. The molecule has 82 valence electrons. The third-order valence-corrected chi connectivity index (χ3v) is 1.84. The first-order valence-electron chi connectivity index (χ1n) is 3.98. The van der Waals surface area contributed by atoms with E-state index in [2.05, 4.69) is 4.74 Å². The average Bonchev–Trinajstić information content (AvgIpc) is 2.14. The van der Waals surface area contributed by atoms with Gasteiger partial charge in [0, 0.05) is 12.1 Å². The minimum Gasteiger partial charge on any atom is -0.507 e. The Labute approximate surface area is 84.3 Å². The van der Waals surface area contributed by atoms with Crippen molar-refractivity contribution in [2.24, 2.45) is 5.73 Å². The molecule has 0 unspecified atom stereocenters. The molecule has 0 aromatic heterocycles. The first-order chi connectivity index (χ1) is 6.97. The number of aromatic hydroxyl groups is 1. The van der Waals surface area contributed by atoms with E-state index in [0.29, 0.717) is 12.1 Å². The summed E-state index contributed by atoms with van der Waals surface area (Å²) in [4.78, 5) is 11.0. The molecule has 1 atom stereocenters. The molecule has 0 heterocycles. The lowest BCUT2D eigenvalue weighted by Crippen LogP contribution is -2.23. The van der Waals surface area contributed by atoms with Gasteiger partial charge in [-0.2, -0.15) is 0 Å². The van der Waals surface area contributed by atoms with Gasteiger partial charge in [0.1, 0.15) is 23.4 Å². The number of carbonyl (C=O) groups excluding carboxylic acids is 1. The Morgan fingerprint density at radius 3 is 2.60 bits per heavy atom. The summed E-state index contributed by atoms with van der Waals surface area (Å²) in [7, 11) is 1.07. The van der Waals surface area contributed by atoms with E-state index in [1.54, 1.807) is 0 Å². The highest BCUT2D eigenvalue weighted by atomic mass is 19.1. The molecule has 0 aliphatic rings. The van der Waals surface area contributed by atoms with Crippen LogP contribution in [-0.4, -0.2) is 18.2 Å². The standard InChI is InChI=1S/C9H9F2NO3/c1-15-9(14)8(12)7-5(11)2-4(10)3-6(7)13/h2-3,8,13H,12H2,1H3/t8-/m0/s1. The number of methoxy groups -OCH3 is 1. The Bertz CT molecular complexity index is 372. The highest BCUT2D eigenvalue weighted by Gasteiger charge is 2.24. The molecule has 0 saturated heterocycles. The Kier molecular flexibility index (Phi) is 3.21. The highest BCUT2D eigenvalue weighted by Crippen LogP contribution is 2.27. The molecule has 0 spiro atoms. The third kappa shape index (κ3) is 2.21. The fraction of sp³-hybridized carbons (Fsp3) is 0.222. The Morgan fingerprint density at radius 1 is 1.53 bits per heavy atom. The zero-order valence-corrected chi connectivity index (χ0v) is 7.83. The molecule has 1 aromatic rings. The molecule has 0 aliphatic heterocycles. The monoisotopic (exact) mass is 217 g/mol. The summed E-state index contributed by atoms with van der Waals surface area (Å²) < 4.78 is 30.0. The second kappa shape index (κ2) is 4.22. The van der Waals surface area contributed by atoms with Gasteiger partial charge in [-0.05, 0) is 0 Å². The van der Waals surface area contributed by atoms with E-state index in [1.165, 1.54) is 0 Å². The van der Waals surface area contributed by atoms with Crippen LogP contribution in [0.25, 0.3) is 0 Å². The molecule has 0 radical (unpaired) electrons. The van der Waals surface area contributed by atoms with Crippen molar-refractivity contribution in [2.75, 3.05) is 7.11 Å². The number of rotatable bonds is 2. The van der Waals surface area contributed by atoms with Crippen LogP contribution in [0.2, 0.25) is 0 Å². The lowest BCUT2D eigenvalue weighted by atomic mass is 10.1. The molecule has 0 bridgehead atoms. The molecule has 0 amide bonds. The summed E-state index contributed by atoms with van der Waals surface area (Å²) in [5, 5.41) is 9.22. The Morgan fingerprint density at radius 2 is 2.13 bits per heavy atom. The number of carbonyl (C=O) groups is 1. The van der Waals surface area contributed by atoms with Crippen LogP contribution in [0, 0.1) is 11.6 Å². The van der Waals surface area contributed by atoms with Gasteiger partial charge < -0.3 is 15.6 Å². The van der Waals surface area contributed by atoms with E-state index in [1.807, 2.05) is 0 Å². The molecule has 15 heavy (non-hydrogen) atoms. The average molecular weight is 217 g/mol. The lowest BCUT2D eigenvalue weighted by molar-refractivity contribution is -0.142. The van der Waals surface area contributed by atoms with Gasteiger partial charge in [0.15, 0.2) is 0 Å². The van der Waals surface area contributed by atoms with Gasteiger partial charge in [0.2, 0.25) is 0 Å². The molecule has 1 rings (SSSR count). The van der Waals surface area contributed by atoms with Crippen LogP contribution in [0.4, 0.5) is 8.78 Å².